The van der Waals surface area contributed by atoms with Crippen LogP contribution in [0.4, 0.5) is 4.39 Å². The number of aliphatic imine (C=N–C) groups is 1. The molecule has 0 fully saturated rings. The average molecular weight is 403 g/mol. The fourth-order valence-corrected chi connectivity index (χ4v) is 3.42. The van der Waals surface area contributed by atoms with Gasteiger partial charge in [-0.2, -0.15) is 5.10 Å². The van der Waals surface area contributed by atoms with Crippen LogP contribution in [0, 0.1) is 5.82 Å². The molecule has 7 heteroatoms. The van der Waals surface area contributed by atoms with Crippen molar-refractivity contribution in [3.8, 4) is 0 Å². The Hall–Kier alpha value is -2.41. The molecule has 2 rings (SSSR count). The average Bonchev–Trinajstić information content (AvgIpc) is 3.01. The van der Waals surface area contributed by atoms with E-state index in [4.69, 9.17) is 4.99 Å². The quantitative estimate of drug-likeness (QED) is 0.543. The van der Waals surface area contributed by atoms with E-state index < -0.39 is 0 Å². The normalized spacial score (nSPS) is 13.2. The van der Waals surface area contributed by atoms with Gasteiger partial charge >= 0.3 is 0 Å². The SMILES string of the molecule is CCNC(=NCC(c1cccc(F)c1)N(C)C)N(C)Cc1cn(C)nc1C(C)C. The molecule has 0 saturated heterocycles. The minimum absolute atomic E-state index is 0.00243. The van der Waals surface area contributed by atoms with Gasteiger partial charge in [-0.3, -0.25) is 9.67 Å². The summed E-state index contributed by atoms with van der Waals surface area (Å²) >= 11 is 0. The van der Waals surface area contributed by atoms with E-state index in [-0.39, 0.29) is 11.9 Å². The number of guanidine groups is 1. The molecule has 0 radical (unpaired) electrons. The van der Waals surface area contributed by atoms with E-state index in [0.717, 1.165) is 30.3 Å². The van der Waals surface area contributed by atoms with Crippen LogP contribution in [0.3, 0.4) is 0 Å². The van der Waals surface area contributed by atoms with Crippen LogP contribution in [0.25, 0.3) is 0 Å². The van der Waals surface area contributed by atoms with E-state index in [2.05, 4.69) is 47.2 Å². The Morgan fingerprint density at radius 3 is 2.59 bits per heavy atom. The Bertz CT molecular complexity index is 811. The van der Waals surface area contributed by atoms with Crippen LogP contribution in [-0.4, -0.2) is 59.8 Å². The standard InChI is InChI=1S/C22H35FN6/c1-8-24-22(28(6)14-18-15-29(7)26-21(18)16(2)3)25-13-20(27(4)5)17-10-9-11-19(23)12-17/h9-12,15-16,20H,8,13-14H2,1-7H3,(H,24,25). The van der Waals surface area contributed by atoms with E-state index in [1.807, 2.05) is 38.9 Å². The number of nitrogens with one attached hydrogen (secondary N) is 1. The third-order valence-electron chi connectivity index (χ3n) is 4.86. The molecule has 1 unspecified atom stereocenters. The van der Waals surface area contributed by atoms with Crippen molar-refractivity contribution in [3.63, 3.8) is 0 Å². The highest BCUT2D eigenvalue weighted by Gasteiger charge is 2.17. The number of nitrogens with zero attached hydrogens (tertiary/aromatic N) is 5. The number of halogens is 1. The van der Waals surface area contributed by atoms with E-state index in [1.54, 1.807) is 12.1 Å². The van der Waals surface area contributed by atoms with E-state index in [0.29, 0.717) is 12.5 Å². The van der Waals surface area contributed by atoms with Crippen molar-refractivity contribution in [2.75, 3.05) is 34.2 Å². The second-order valence-electron chi connectivity index (χ2n) is 7.95. The van der Waals surface area contributed by atoms with Gasteiger partial charge in [0, 0.05) is 38.9 Å². The third kappa shape index (κ3) is 6.29. The molecule has 1 aromatic heterocycles. The molecule has 29 heavy (non-hydrogen) atoms. The molecule has 0 bridgehead atoms. The van der Waals surface area contributed by atoms with Crippen molar-refractivity contribution in [1.29, 1.82) is 0 Å². The summed E-state index contributed by atoms with van der Waals surface area (Å²) in [7, 11) is 7.97. The summed E-state index contributed by atoms with van der Waals surface area (Å²) in [5, 5.41) is 7.97. The molecule has 0 saturated carbocycles. The lowest BCUT2D eigenvalue weighted by Crippen LogP contribution is -2.39. The lowest BCUT2D eigenvalue weighted by atomic mass is 10.1. The molecular weight excluding hydrogens is 367 g/mol. The maximum absolute atomic E-state index is 13.7. The molecule has 0 spiro atoms. The monoisotopic (exact) mass is 402 g/mol. The minimum atomic E-state index is -0.222. The summed E-state index contributed by atoms with van der Waals surface area (Å²) in [6.07, 6.45) is 2.07. The lowest BCUT2D eigenvalue weighted by Gasteiger charge is -2.26. The van der Waals surface area contributed by atoms with Gasteiger partial charge in [-0.05, 0) is 44.6 Å². The predicted molar refractivity (Wildman–Crippen MR) is 118 cm³/mol. The molecule has 1 aromatic carbocycles. The van der Waals surface area contributed by atoms with E-state index >= 15 is 0 Å². The van der Waals surface area contributed by atoms with Gasteiger partial charge in [0.2, 0.25) is 0 Å². The van der Waals surface area contributed by atoms with Crippen LogP contribution in [-0.2, 0) is 13.6 Å². The van der Waals surface area contributed by atoms with Gasteiger partial charge < -0.3 is 15.1 Å². The predicted octanol–water partition coefficient (Wildman–Crippen LogP) is 3.38. The maximum atomic E-state index is 13.7. The van der Waals surface area contributed by atoms with Crippen LogP contribution in [0.2, 0.25) is 0 Å². The third-order valence-corrected chi connectivity index (χ3v) is 4.86. The molecule has 1 N–H and O–H groups in total. The zero-order valence-electron chi connectivity index (χ0n) is 18.8. The summed E-state index contributed by atoms with van der Waals surface area (Å²) in [6, 6.07) is 6.75. The minimum Gasteiger partial charge on any atom is -0.357 e. The zero-order valence-corrected chi connectivity index (χ0v) is 18.8. The van der Waals surface area contributed by atoms with Gasteiger partial charge in [-0.15, -0.1) is 0 Å². The van der Waals surface area contributed by atoms with Crippen LogP contribution in [0.15, 0.2) is 35.5 Å². The first-order chi connectivity index (χ1) is 13.7. The Kier molecular flexibility index (Phi) is 8.20. The number of hydrogen-bond donors (Lipinski definition) is 1. The van der Waals surface area contributed by atoms with Gasteiger partial charge in [-0.25, -0.2) is 4.39 Å². The molecule has 160 valence electrons. The second kappa shape index (κ2) is 10.4. The fraction of sp³-hybridized carbons (Fsp3) is 0.545. The molecule has 6 nitrogen and oxygen atoms in total. The number of benzene rings is 1. The van der Waals surface area contributed by atoms with Gasteiger partial charge in [0.05, 0.1) is 18.3 Å². The number of rotatable bonds is 8. The summed E-state index contributed by atoms with van der Waals surface area (Å²) in [6.45, 7) is 8.41. The first-order valence-corrected chi connectivity index (χ1v) is 10.2. The van der Waals surface area contributed by atoms with Gasteiger partial charge in [-0.1, -0.05) is 26.0 Å². The summed E-state index contributed by atoms with van der Waals surface area (Å²) in [5.74, 6) is 0.972. The molecular formula is C22H35FN6. The first kappa shape index (κ1) is 22.9. The van der Waals surface area contributed by atoms with Gasteiger partial charge in [0.1, 0.15) is 5.82 Å². The van der Waals surface area contributed by atoms with Crippen LogP contribution < -0.4 is 5.32 Å². The summed E-state index contributed by atoms with van der Waals surface area (Å²) in [4.78, 5) is 9.04. The highest BCUT2D eigenvalue weighted by Crippen LogP contribution is 2.21. The van der Waals surface area contributed by atoms with E-state index in [1.165, 1.54) is 11.6 Å². The Morgan fingerprint density at radius 2 is 2.00 bits per heavy atom. The molecule has 2 aromatic rings. The molecule has 0 aliphatic heterocycles. The number of aryl methyl sites for hydroxylation is 1. The highest BCUT2D eigenvalue weighted by molar-refractivity contribution is 5.79. The summed E-state index contributed by atoms with van der Waals surface area (Å²) in [5.41, 5.74) is 3.23. The molecule has 0 amide bonds. The molecule has 1 heterocycles. The largest absolute Gasteiger partial charge is 0.357 e. The van der Waals surface area contributed by atoms with Crippen molar-refractivity contribution in [1.82, 2.24) is 24.9 Å². The Balaban J connectivity index is 2.21. The molecule has 0 aliphatic carbocycles. The van der Waals surface area contributed by atoms with Gasteiger partial charge in [0.25, 0.3) is 0 Å². The summed E-state index contributed by atoms with van der Waals surface area (Å²) < 4.78 is 15.6. The van der Waals surface area contributed by atoms with Crippen LogP contribution in [0.1, 0.15) is 49.6 Å². The van der Waals surface area contributed by atoms with Crippen molar-refractivity contribution in [3.05, 3.63) is 53.1 Å². The lowest BCUT2D eigenvalue weighted by molar-refractivity contribution is 0.304. The van der Waals surface area contributed by atoms with Crippen LogP contribution in [0.5, 0.6) is 0 Å². The van der Waals surface area contributed by atoms with Gasteiger partial charge in [0.15, 0.2) is 5.96 Å². The van der Waals surface area contributed by atoms with Crippen molar-refractivity contribution in [2.24, 2.45) is 12.0 Å². The zero-order chi connectivity index (χ0) is 21.6. The van der Waals surface area contributed by atoms with Crippen LogP contribution >= 0.6 is 0 Å². The van der Waals surface area contributed by atoms with Crippen molar-refractivity contribution < 1.29 is 4.39 Å². The fourth-order valence-electron chi connectivity index (χ4n) is 3.42. The highest BCUT2D eigenvalue weighted by atomic mass is 19.1. The number of aromatic nitrogens is 2. The topological polar surface area (TPSA) is 48.7 Å². The number of likely N-dealkylation sites (N-methyl/N-ethyl adjacent to an activating group) is 1. The first-order valence-electron chi connectivity index (χ1n) is 10.2. The Morgan fingerprint density at radius 1 is 1.28 bits per heavy atom. The van der Waals surface area contributed by atoms with Crippen molar-refractivity contribution >= 4 is 5.96 Å². The van der Waals surface area contributed by atoms with Crippen molar-refractivity contribution in [2.45, 2.75) is 39.3 Å². The molecule has 0 aliphatic rings. The van der Waals surface area contributed by atoms with E-state index in [9.17, 15) is 4.39 Å². The smallest absolute Gasteiger partial charge is 0.194 e. The second-order valence-corrected chi connectivity index (χ2v) is 7.95. The molecule has 1 atom stereocenters. The Labute approximate surface area is 174 Å². The maximum Gasteiger partial charge on any atom is 0.194 e. The number of hydrogen-bond acceptors (Lipinski definition) is 3.